The van der Waals surface area contributed by atoms with E-state index in [1.54, 1.807) is 4.68 Å². The van der Waals surface area contributed by atoms with Crippen LogP contribution < -0.4 is 5.73 Å². The first-order valence-corrected chi connectivity index (χ1v) is 5.48. The number of nitrogens with two attached hydrogens (primary N) is 1. The Bertz CT molecular complexity index is 349. The first kappa shape index (κ1) is 10.6. The summed E-state index contributed by atoms with van der Waals surface area (Å²) in [4.78, 5) is 0. The van der Waals surface area contributed by atoms with Crippen molar-refractivity contribution in [3.8, 4) is 0 Å². The molecule has 0 aromatic carbocycles. The summed E-state index contributed by atoms with van der Waals surface area (Å²) in [6, 6.07) is 1.94. The van der Waals surface area contributed by atoms with Crippen LogP contribution in [0, 0.1) is 12.3 Å². The molecular formula is C11H19N3O. The van der Waals surface area contributed by atoms with Gasteiger partial charge in [0, 0.05) is 19.0 Å². The molecule has 1 saturated carbocycles. The van der Waals surface area contributed by atoms with Crippen LogP contribution >= 0.6 is 0 Å². The summed E-state index contributed by atoms with van der Waals surface area (Å²) in [5.74, 6) is 0. The standard InChI is InChI=1S/C11H19N3O/c1-8-6-9(14(2)13-8)10(15)11(7-12)4-3-5-11/h6,10,15H,3-5,7,12H2,1-2H3/t10-/m0/s1. The third kappa shape index (κ3) is 1.58. The van der Waals surface area contributed by atoms with E-state index in [2.05, 4.69) is 5.10 Å². The van der Waals surface area contributed by atoms with Crippen molar-refractivity contribution < 1.29 is 5.11 Å². The van der Waals surface area contributed by atoms with E-state index >= 15 is 0 Å². The van der Waals surface area contributed by atoms with Crippen LogP contribution in [0.25, 0.3) is 0 Å². The molecule has 4 nitrogen and oxygen atoms in total. The first-order chi connectivity index (χ1) is 7.09. The van der Waals surface area contributed by atoms with Gasteiger partial charge in [-0.15, -0.1) is 0 Å². The minimum Gasteiger partial charge on any atom is -0.386 e. The second-order valence-electron chi connectivity index (χ2n) is 4.66. The Balaban J connectivity index is 2.26. The molecule has 1 atom stereocenters. The largest absolute Gasteiger partial charge is 0.386 e. The van der Waals surface area contributed by atoms with Gasteiger partial charge < -0.3 is 10.8 Å². The molecule has 0 saturated heterocycles. The molecule has 0 radical (unpaired) electrons. The van der Waals surface area contributed by atoms with E-state index in [-0.39, 0.29) is 5.41 Å². The maximum atomic E-state index is 10.3. The molecule has 1 fully saturated rings. The van der Waals surface area contributed by atoms with Crippen LogP contribution in [0.5, 0.6) is 0 Å². The normalized spacial score (nSPS) is 21.1. The summed E-state index contributed by atoms with van der Waals surface area (Å²) in [6.07, 6.45) is 2.75. The van der Waals surface area contributed by atoms with Gasteiger partial charge in [0.2, 0.25) is 0 Å². The molecule has 1 heterocycles. The molecule has 1 aliphatic carbocycles. The Hall–Kier alpha value is -0.870. The van der Waals surface area contributed by atoms with E-state index < -0.39 is 6.10 Å². The second kappa shape index (κ2) is 3.61. The van der Waals surface area contributed by atoms with Crippen molar-refractivity contribution in [2.24, 2.45) is 18.2 Å². The topological polar surface area (TPSA) is 64.1 Å². The number of nitrogens with zero attached hydrogens (tertiary/aromatic N) is 2. The lowest BCUT2D eigenvalue weighted by Gasteiger charge is -2.44. The number of aliphatic hydroxyl groups is 1. The highest BCUT2D eigenvalue weighted by molar-refractivity contribution is 5.16. The molecule has 15 heavy (non-hydrogen) atoms. The molecule has 0 unspecified atom stereocenters. The van der Waals surface area contributed by atoms with Gasteiger partial charge in [-0.1, -0.05) is 6.42 Å². The summed E-state index contributed by atoms with van der Waals surface area (Å²) < 4.78 is 1.76. The Labute approximate surface area is 90.1 Å². The lowest BCUT2D eigenvalue weighted by atomic mass is 9.64. The van der Waals surface area contributed by atoms with Gasteiger partial charge in [-0.05, 0) is 25.8 Å². The van der Waals surface area contributed by atoms with Gasteiger partial charge in [0.25, 0.3) is 0 Å². The molecule has 1 aromatic heterocycles. The average Bonchev–Trinajstić information content (AvgIpc) is 2.44. The predicted molar refractivity (Wildman–Crippen MR) is 58.2 cm³/mol. The van der Waals surface area contributed by atoms with Crippen molar-refractivity contribution in [2.45, 2.75) is 32.3 Å². The van der Waals surface area contributed by atoms with Gasteiger partial charge in [0.1, 0.15) is 6.10 Å². The van der Waals surface area contributed by atoms with Crippen molar-refractivity contribution >= 4 is 0 Å². The molecule has 1 aliphatic rings. The zero-order chi connectivity index (χ0) is 11.1. The zero-order valence-corrected chi connectivity index (χ0v) is 9.40. The van der Waals surface area contributed by atoms with Crippen LogP contribution in [-0.4, -0.2) is 21.4 Å². The van der Waals surface area contributed by atoms with Crippen molar-refractivity contribution in [1.29, 1.82) is 0 Å². The van der Waals surface area contributed by atoms with Crippen LogP contribution in [0.3, 0.4) is 0 Å². The van der Waals surface area contributed by atoms with Crippen LogP contribution in [0.15, 0.2) is 6.07 Å². The van der Waals surface area contributed by atoms with E-state index in [1.165, 1.54) is 6.42 Å². The zero-order valence-electron chi connectivity index (χ0n) is 9.40. The highest BCUT2D eigenvalue weighted by Crippen LogP contribution is 2.49. The Morgan fingerprint density at radius 2 is 2.33 bits per heavy atom. The predicted octanol–water partition coefficient (Wildman–Crippen LogP) is 0.891. The smallest absolute Gasteiger partial charge is 0.102 e. The van der Waals surface area contributed by atoms with Crippen LogP contribution in [-0.2, 0) is 7.05 Å². The van der Waals surface area contributed by atoms with Crippen LogP contribution in [0.1, 0.15) is 36.8 Å². The molecule has 0 aliphatic heterocycles. The fraction of sp³-hybridized carbons (Fsp3) is 0.727. The lowest BCUT2D eigenvalue weighted by molar-refractivity contribution is -0.0342. The number of hydrogen-bond donors (Lipinski definition) is 2. The van der Waals surface area contributed by atoms with Crippen molar-refractivity contribution in [2.75, 3.05) is 6.54 Å². The molecule has 3 N–H and O–H groups in total. The molecule has 84 valence electrons. The third-order valence-corrected chi connectivity index (χ3v) is 3.65. The average molecular weight is 209 g/mol. The van der Waals surface area contributed by atoms with Gasteiger partial charge in [0.15, 0.2) is 0 Å². The van der Waals surface area contributed by atoms with Crippen molar-refractivity contribution in [3.63, 3.8) is 0 Å². The summed E-state index contributed by atoms with van der Waals surface area (Å²) in [5, 5.41) is 14.6. The van der Waals surface area contributed by atoms with Gasteiger partial charge in [-0.25, -0.2) is 0 Å². The summed E-state index contributed by atoms with van der Waals surface area (Å²) in [7, 11) is 1.87. The van der Waals surface area contributed by atoms with Crippen molar-refractivity contribution in [1.82, 2.24) is 9.78 Å². The SMILES string of the molecule is Cc1cc([C@H](O)C2(CN)CCC2)n(C)n1. The number of hydrogen-bond acceptors (Lipinski definition) is 3. The number of aliphatic hydroxyl groups excluding tert-OH is 1. The fourth-order valence-electron chi connectivity index (χ4n) is 2.42. The number of rotatable bonds is 3. The van der Waals surface area contributed by atoms with E-state index in [0.29, 0.717) is 6.54 Å². The minimum atomic E-state index is -0.470. The fourth-order valence-corrected chi connectivity index (χ4v) is 2.42. The monoisotopic (exact) mass is 209 g/mol. The lowest BCUT2D eigenvalue weighted by Crippen LogP contribution is -2.43. The van der Waals surface area contributed by atoms with Gasteiger partial charge in [0.05, 0.1) is 11.4 Å². The second-order valence-corrected chi connectivity index (χ2v) is 4.66. The highest BCUT2D eigenvalue weighted by atomic mass is 16.3. The minimum absolute atomic E-state index is 0.0970. The number of aryl methyl sites for hydroxylation is 2. The molecular weight excluding hydrogens is 190 g/mol. The van der Waals surface area contributed by atoms with E-state index in [9.17, 15) is 5.11 Å². The van der Waals surface area contributed by atoms with E-state index in [4.69, 9.17) is 5.73 Å². The molecule has 0 amide bonds. The van der Waals surface area contributed by atoms with Crippen LogP contribution in [0.2, 0.25) is 0 Å². The Morgan fingerprint density at radius 3 is 2.67 bits per heavy atom. The number of aromatic nitrogens is 2. The molecule has 0 spiro atoms. The van der Waals surface area contributed by atoms with E-state index in [0.717, 1.165) is 24.2 Å². The van der Waals surface area contributed by atoms with Crippen LogP contribution in [0.4, 0.5) is 0 Å². The summed E-state index contributed by atoms with van der Waals surface area (Å²) >= 11 is 0. The molecule has 0 bridgehead atoms. The maximum Gasteiger partial charge on any atom is 0.102 e. The van der Waals surface area contributed by atoms with Gasteiger partial charge in [-0.3, -0.25) is 4.68 Å². The summed E-state index contributed by atoms with van der Waals surface area (Å²) in [5.41, 5.74) is 7.51. The van der Waals surface area contributed by atoms with Gasteiger partial charge in [-0.2, -0.15) is 5.10 Å². The Kier molecular flexibility index (Phi) is 2.56. The molecule has 2 rings (SSSR count). The molecule has 4 heteroatoms. The third-order valence-electron chi connectivity index (χ3n) is 3.65. The quantitative estimate of drug-likeness (QED) is 0.777. The summed E-state index contributed by atoms with van der Waals surface area (Å²) in [6.45, 7) is 2.49. The van der Waals surface area contributed by atoms with Gasteiger partial charge >= 0.3 is 0 Å². The first-order valence-electron chi connectivity index (χ1n) is 5.48. The Morgan fingerprint density at radius 1 is 1.67 bits per heavy atom. The maximum absolute atomic E-state index is 10.3. The van der Waals surface area contributed by atoms with E-state index in [1.807, 2.05) is 20.0 Å². The highest BCUT2D eigenvalue weighted by Gasteiger charge is 2.44. The molecule has 1 aromatic rings. The van der Waals surface area contributed by atoms with Crippen molar-refractivity contribution in [3.05, 3.63) is 17.5 Å².